The molecule has 1 fully saturated rings. The third-order valence-electron chi connectivity index (χ3n) is 3.66. The molecule has 1 heterocycles. The molecule has 0 bridgehead atoms. The zero-order chi connectivity index (χ0) is 16.4. The molecule has 6 nitrogen and oxygen atoms in total. The topological polar surface area (TPSA) is 72.9 Å². The molecule has 24 heavy (non-hydrogen) atoms. The number of ether oxygens (including phenoxy) is 1. The molecule has 0 aromatic heterocycles. The van der Waals surface area contributed by atoms with E-state index in [0.29, 0.717) is 5.06 Å². The van der Waals surface area contributed by atoms with Gasteiger partial charge < -0.3 is 9.57 Å². The molecular weight excluding hydrogens is 310 g/mol. The van der Waals surface area contributed by atoms with Crippen LogP contribution in [-0.4, -0.2) is 30.0 Å². The fourth-order valence-corrected chi connectivity index (χ4v) is 2.47. The van der Waals surface area contributed by atoms with E-state index in [1.807, 2.05) is 30.3 Å². The third kappa shape index (κ3) is 3.53. The summed E-state index contributed by atoms with van der Waals surface area (Å²) < 4.78 is 5.17. The molecule has 0 atom stereocenters. The maximum absolute atomic E-state index is 11.9. The SMILES string of the molecule is C.COc1ccc2cc(CC(=O)ON3C(=O)CCC3=O)ccc2c1. The number of imide groups is 1. The minimum Gasteiger partial charge on any atom is -0.497 e. The van der Waals surface area contributed by atoms with Gasteiger partial charge in [-0.3, -0.25) is 9.59 Å². The van der Waals surface area contributed by atoms with Crippen LogP contribution >= 0.6 is 0 Å². The van der Waals surface area contributed by atoms with Crippen LogP contribution in [0.1, 0.15) is 25.8 Å². The van der Waals surface area contributed by atoms with Crippen molar-refractivity contribution in [3.8, 4) is 5.75 Å². The minimum absolute atomic E-state index is 0. The van der Waals surface area contributed by atoms with E-state index < -0.39 is 17.8 Å². The van der Waals surface area contributed by atoms with Crippen LogP contribution in [0.2, 0.25) is 0 Å². The van der Waals surface area contributed by atoms with E-state index in [1.165, 1.54) is 0 Å². The van der Waals surface area contributed by atoms with Gasteiger partial charge in [0.15, 0.2) is 0 Å². The molecule has 3 rings (SSSR count). The molecule has 0 radical (unpaired) electrons. The Morgan fingerprint density at radius 2 is 1.67 bits per heavy atom. The number of hydrogen-bond acceptors (Lipinski definition) is 5. The number of fused-ring (bicyclic) bond motifs is 1. The summed E-state index contributed by atoms with van der Waals surface area (Å²) in [5.74, 6) is -0.833. The summed E-state index contributed by atoms with van der Waals surface area (Å²) >= 11 is 0. The summed E-state index contributed by atoms with van der Waals surface area (Å²) in [6.45, 7) is 0. The van der Waals surface area contributed by atoms with Crippen LogP contribution in [0.5, 0.6) is 5.75 Å². The molecular formula is C18H19NO5. The van der Waals surface area contributed by atoms with Crippen LogP contribution in [0.3, 0.4) is 0 Å². The van der Waals surface area contributed by atoms with Gasteiger partial charge in [-0.05, 0) is 28.5 Å². The normalized spacial score (nSPS) is 13.8. The van der Waals surface area contributed by atoms with E-state index in [4.69, 9.17) is 9.57 Å². The first kappa shape index (κ1) is 17.5. The number of nitrogens with zero attached hydrogens (tertiary/aromatic N) is 1. The standard InChI is InChI=1S/C17H15NO5.CH4/c1-22-14-5-4-12-8-11(2-3-13(12)10-14)9-17(21)23-18-15(19)6-7-16(18)20;/h2-5,8,10H,6-7,9H2,1H3;1H4. The fourth-order valence-electron chi connectivity index (χ4n) is 2.47. The van der Waals surface area contributed by atoms with Crippen LogP contribution in [0.15, 0.2) is 36.4 Å². The van der Waals surface area contributed by atoms with Crippen molar-refractivity contribution in [3.63, 3.8) is 0 Å². The lowest BCUT2D eigenvalue weighted by molar-refractivity contribution is -0.197. The molecule has 0 saturated carbocycles. The Kier molecular flexibility index (Phi) is 5.18. The molecule has 0 aliphatic carbocycles. The maximum Gasteiger partial charge on any atom is 0.337 e. The molecule has 1 saturated heterocycles. The fraction of sp³-hybridized carbons (Fsp3) is 0.278. The van der Waals surface area contributed by atoms with E-state index in [2.05, 4.69) is 0 Å². The predicted octanol–water partition coefficient (Wildman–Crippen LogP) is 2.63. The molecule has 1 aliphatic heterocycles. The van der Waals surface area contributed by atoms with Gasteiger partial charge in [0.2, 0.25) is 0 Å². The first-order valence-electron chi connectivity index (χ1n) is 7.20. The monoisotopic (exact) mass is 329 g/mol. The van der Waals surface area contributed by atoms with Crippen LogP contribution in [0, 0.1) is 0 Å². The highest BCUT2D eigenvalue weighted by atomic mass is 16.7. The quantitative estimate of drug-likeness (QED) is 0.806. The van der Waals surface area contributed by atoms with E-state index >= 15 is 0 Å². The molecule has 0 N–H and O–H groups in total. The van der Waals surface area contributed by atoms with E-state index in [-0.39, 0.29) is 26.7 Å². The number of hydroxylamine groups is 2. The maximum atomic E-state index is 11.9. The predicted molar refractivity (Wildman–Crippen MR) is 88.1 cm³/mol. The van der Waals surface area contributed by atoms with Crippen molar-refractivity contribution in [2.24, 2.45) is 0 Å². The lowest BCUT2D eigenvalue weighted by atomic mass is 10.0. The Morgan fingerprint density at radius 3 is 2.33 bits per heavy atom. The lowest BCUT2D eigenvalue weighted by Crippen LogP contribution is -2.32. The van der Waals surface area contributed by atoms with Gasteiger partial charge in [-0.15, -0.1) is 5.06 Å². The largest absolute Gasteiger partial charge is 0.497 e. The zero-order valence-electron chi connectivity index (χ0n) is 12.6. The van der Waals surface area contributed by atoms with Gasteiger partial charge in [-0.1, -0.05) is 31.7 Å². The molecule has 126 valence electrons. The van der Waals surface area contributed by atoms with Crippen molar-refractivity contribution < 1.29 is 24.0 Å². The van der Waals surface area contributed by atoms with Gasteiger partial charge in [0.25, 0.3) is 11.8 Å². The van der Waals surface area contributed by atoms with Gasteiger partial charge in [0.1, 0.15) is 5.75 Å². The van der Waals surface area contributed by atoms with Gasteiger partial charge >= 0.3 is 5.97 Å². The van der Waals surface area contributed by atoms with Crippen molar-refractivity contribution >= 4 is 28.6 Å². The van der Waals surface area contributed by atoms with Crippen molar-refractivity contribution in [3.05, 3.63) is 42.0 Å². The molecule has 0 unspecified atom stereocenters. The second kappa shape index (κ2) is 7.12. The Morgan fingerprint density at radius 1 is 1.04 bits per heavy atom. The van der Waals surface area contributed by atoms with E-state index in [0.717, 1.165) is 22.1 Å². The number of amides is 2. The Balaban J connectivity index is 0.00000208. The average molecular weight is 329 g/mol. The van der Waals surface area contributed by atoms with Gasteiger partial charge in [0.05, 0.1) is 13.5 Å². The third-order valence-corrected chi connectivity index (χ3v) is 3.66. The second-order valence-electron chi connectivity index (χ2n) is 5.27. The number of benzene rings is 2. The average Bonchev–Trinajstić information content (AvgIpc) is 2.86. The highest BCUT2D eigenvalue weighted by Crippen LogP contribution is 2.22. The lowest BCUT2D eigenvalue weighted by Gasteiger charge is -2.12. The van der Waals surface area contributed by atoms with Crippen LogP contribution < -0.4 is 4.74 Å². The van der Waals surface area contributed by atoms with Crippen molar-refractivity contribution in [1.29, 1.82) is 0 Å². The molecule has 2 aromatic rings. The molecule has 2 amide bonds. The Hall–Kier alpha value is -2.89. The van der Waals surface area contributed by atoms with Crippen LogP contribution in [-0.2, 0) is 25.6 Å². The van der Waals surface area contributed by atoms with Crippen molar-refractivity contribution in [2.45, 2.75) is 26.7 Å². The smallest absolute Gasteiger partial charge is 0.337 e. The first-order chi connectivity index (χ1) is 11.1. The van der Waals surface area contributed by atoms with Gasteiger partial charge in [-0.25, -0.2) is 4.79 Å². The summed E-state index contributed by atoms with van der Waals surface area (Å²) in [6, 6.07) is 11.2. The molecule has 1 aliphatic rings. The summed E-state index contributed by atoms with van der Waals surface area (Å²) in [4.78, 5) is 39.6. The number of hydrogen-bond donors (Lipinski definition) is 0. The highest BCUT2D eigenvalue weighted by Gasteiger charge is 2.32. The highest BCUT2D eigenvalue weighted by molar-refractivity contribution is 6.01. The summed E-state index contributed by atoms with van der Waals surface area (Å²) in [5, 5.41) is 2.52. The van der Waals surface area contributed by atoms with Crippen molar-refractivity contribution in [1.82, 2.24) is 5.06 Å². The Bertz CT molecular complexity index is 783. The summed E-state index contributed by atoms with van der Waals surface area (Å²) in [6.07, 6.45) is 0.160. The van der Waals surface area contributed by atoms with Crippen LogP contribution in [0.4, 0.5) is 0 Å². The second-order valence-corrected chi connectivity index (χ2v) is 5.27. The summed E-state index contributed by atoms with van der Waals surface area (Å²) in [5.41, 5.74) is 0.742. The van der Waals surface area contributed by atoms with E-state index in [1.54, 1.807) is 13.2 Å². The zero-order valence-corrected chi connectivity index (χ0v) is 12.6. The minimum atomic E-state index is -0.638. The summed E-state index contributed by atoms with van der Waals surface area (Å²) in [7, 11) is 1.60. The number of carbonyl (C=O) groups is 3. The van der Waals surface area contributed by atoms with E-state index in [9.17, 15) is 14.4 Å². The van der Waals surface area contributed by atoms with Gasteiger partial charge in [-0.2, -0.15) is 0 Å². The van der Waals surface area contributed by atoms with Crippen LogP contribution in [0.25, 0.3) is 10.8 Å². The molecule has 6 heteroatoms. The Labute approximate surface area is 139 Å². The first-order valence-corrected chi connectivity index (χ1v) is 7.20. The molecule has 0 spiro atoms. The number of methoxy groups -OCH3 is 1. The number of rotatable bonds is 4. The van der Waals surface area contributed by atoms with Crippen molar-refractivity contribution in [2.75, 3.05) is 7.11 Å². The van der Waals surface area contributed by atoms with Gasteiger partial charge in [0, 0.05) is 12.8 Å². The molecule has 2 aromatic carbocycles. The number of carbonyl (C=O) groups excluding carboxylic acids is 3.